The first-order valence-corrected chi connectivity index (χ1v) is 4.43. The van der Waals surface area contributed by atoms with Crippen LogP contribution in [0.5, 0.6) is 0 Å². The van der Waals surface area contributed by atoms with Crippen molar-refractivity contribution in [2.45, 2.75) is 6.92 Å². The Kier molecular flexibility index (Phi) is 2.21. The van der Waals surface area contributed by atoms with Crippen molar-refractivity contribution in [2.24, 2.45) is 0 Å². The predicted molar refractivity (Wildman–Crippen MR) is 56.7 cm³/mol. The molecule has 0 fully saturated rings. The van der Waals surface area contributed by atoms with E-state index in [0.29, 0.717) is 0 Å². The number of nitro groups is 1. The number of nitrogens with zero attached hydrogens (tertiary/aromatic N) is 2. The lowest BCUT2D eigenvalue weighted by Crippen LogP contribution is -1.93. The van der Waals surface area contributed by atoms with Crippen molar-refractivity contribution in [3.63, 3.8) is 0 Å². The normalized spacial score (nSPS) is 11.9. The number of fused-ring (bicyclic) bond motifs is 1. The van der Waals surface area contributed by atoms with Crippen LogP contribution in [0.25, 0.3) is 17.1 Å². The third kappa shape index (κ3) is 1.71. The molecule has 15 heavy (non-hydrogen) atoms. The van der Waals surface area contributed by atoms with E-state index in [1.165, 1.54) is 13.0 Å². The van der Waals surface area contributed by atoms with Gasteiger partial charge in [-0.2, -0.15) is 0 Å². The summed E-state index contributed by atoms with van der Waals surface area (Å²) in [5, 5.41) is 11.4. The van der Waals surface area contributed by atoms with Crippen LogP contribution in [0.2, 0.25) is 0 Å². The molecule has 76 valence electrons. The van der Waals surface area contributed by atoms with Gasteiger partial charge in [-0.15, -0.1) is 0 Å². The van der Waals surface area contributed by atoms with E-state index in [1.54, 1.807) is 18.5 Å². The summed E-state index contributed by atoms with van der Waals surface area (Å²) in [5.74, 6) is 0. The lowest BCUT2D eigenvalue weighted by Gasteiger charge is -1.95. The van der Waals surface area contributed by atoms with Crippen LogP contribution in [0.1, 0.15) is 12.5 Å². The molecule has 2 aromatic heterocycles. The van der Waals surface area contributed by atoms with Crippen LogP contribution in [0, 0.1) is 10.1 Å². The zero-order valence-corrected chi connectivity index (χ0v) is 8.10. The van der Waals surface area contributed by atoms with Crippen LogP contribution < -0.4 is 0 Å². The predicted octanol–water partition coefficient (Wildman–Crippen LogP) is 2.20. The van der Waals surface area contributed by atoms with Crippen molar-refractivity contribution < 1.29 is 4.92 Å². The first-order chi connectivity index (χ1) is 7.18. The van der Waals surface area contributed by atoms with Crippen LogP contribution in [-0.4, -0.2) is 14.9 Å². The lowest BCUT2D eigenvalue weighted by atomic mass is 10.1. The molecular weight excluding hydrogens is 194 g/mol. The second-order valence-corrected chi connectivity index (χ2v) is 3.18. The molecule has 2 heterocycles. The van der Waals surface area contributed by atoms with E-state index < -0.39 is 4.92 Å². The topological polar surface area (TPSA) is 71.8 Å². The fourth-order valence-electron chi connectivity index (χ4n) is 1.39. The molecule has 0 aliphatic carbocycles. The number of pyridine rings is 1. The van der Waals surface area contributed by atoms with E-state index in [0.717, 1.165) is 16.6 Å². The minimum absolute atomic E-state index is 0.115. The number of aromatic nitrogens is 2. The van der Waals surface area contributed by atoms with E-state index in [-0.39, 0.29) is 5.70 Å². The summed E-state index contributed by atoms with van der Waals surface area (Å²) in [4.78, 5) is 17.1. The maximum absolute atomic E-state index is 10.5. The molecule has 5 heteroatoms. The van der Waals surface area contributed by atoms with Crippen LogP contribution in [0.3, 0.4) is 0 Å². The van der Waals surface area contributed by atoms with Gasteiger partial charge in [-0.25, -0.2) is 4.98 Å². The number of nitrogens with one attached hydrogen (secondary N) is 1. The first kappa shape index (κ1) is 9.39. The van der Waals surface area contributed by atoms with Gasteiger partial charge in [0.2, 0.25) is 5.70 Å². The Hall–Kier alpha value is -2.17. The maximum atomic E-state index is 10.5. The average molecular weight is 203 g/mol. The summed E-state index contributed by atoms with van der Waals surface area (Å²) >= 11 is 0. The van der Waals surface area contributed by atoms with Crippen LogP contribution >= 0.6 is 0 Å². The summed E-state index contributed by atoms with van der Waals surface area (Å²) in [6.07, 6.45) is 4.92. The molecular formula is C10H9N3O2. The number of aromatic amines is 1. The summed E-state index contributed by atoms with van der Waals surface area (Å²) in [7, 11) is 0. The zero-order chi connectivity index (χ0) is 10.8. The van der Waals surface area contributed by atoms with E-state index in [2.05, 4.69) is 9.97 Å². The zero-order valence-electron chi connectivity index (χ0n) is 8.10. The molecule has 5 nitrogen and oxygen atoms in total. The highest BCUT2D eigenvalue weighted by molar-refractivity contribution is 5.85. The Labute approximate surface area is 85.6 Å². The Morgan fingerprint density at radius 3 is 3.13 bits per heavy atom. The smallest absolute Gasteiger partial charge is 0.243 e. The molecule has 0 unspecified atom stereocenters. The van der Waals surface area contributed by atoms with Gasteiger partial charge < -0.3 is 4.98 Å². The van der Waals surface area contributed by atoms with Gasteiger partial charge in [0.1, 0.15) is 5.65 Å². The summed E-state index contributed by atoms with van der Waals surface area (Å²) in [6.45, 7) is 1.47. The van der Waals surface area contributed by atoms with Gasteiger partial charge in [0.25, 0.3) is 0 Å². The molecule has 0 atom stereocenters. The van der Waals surface area contributed by atoms with E-state index >= 15 is 0 Å². The van der Waals surface area contributed by atoms with Gasteiger partial charge in [0.05, 0.1) is 4.92 Å². The largest absolute Gasteiger partial charge is 0.346 e. The SMILES string of the molecule is C/C(=C/c1ccnc2[nH]ccc12)[N+](=O)[O-]. The molecule has 1 N–H and O–H groups in total. The molecule has 0 amide bonds. The van der Waals surface area contributed by atoms with Crippen molar-refractivity contribution >= 4 is 17.1 Å². The van der Waals surface area contributed by atoms with E-state index in [1.807, 2.05) is 6.07 Å². The second-order valence-electron chi connectivity index (χ2n) is 3.18. The van der Waals surface area contributed by atoms with Crippen molar-refractivity contribution in [3.05, 3.63) is 45.9 Å². The molecule has 0 saturated heterocycles. The monoisotopic (exact) mass is 203 g/mol. The number of hydrogen-bond acceptors (Lipinski definition) is 3. The molecule has 0 aliphatic rings. The second kappa shape index (κ2) is 3.53. The minimum atomic E-state index is -0.404. The third-order valence-electron chi connectivity index (χ3n) is 2.15. The molecule has 2 rings (SSSR count). The van der Waals surface area contributed by atoms with Crippen LogP contribution in [-0.2, 0) is 0 Å². The highest BCUT2D eigenvalue weighted by Gasteiger charge is 2.05. The van der Waals surface area contributed by atoms with Crippen LogP contribution in [0.4, 0.5) is 0 Å². The molecule has 0 aromatic carbocycles. The van der Waals surface area contributed by atoms with Crippen molar-refractivity contribution in [2.75, 3.05) is 0 Å². The number of rotatable bonds is 2. The fourth-order valence-corrected chi connectivity index (χ4v) is 1.39. The van der Waals surface area contributed by atoms with Gasteiger partial charge >= 0.3 is 0 Å². The standard InChI is InChI=1S/C10H9N3O2/c1-7(13(14)15)6-8-2-4-11-10-9(8)3-5-12-10/h2-6H,1H3,(H,11,12)/b7-6-. The Morgan fingerprint density at radius 1 is 1.60 bits per heavy atom. The first-order valence-electron chi connectivity index (χ1n) is 4.43. The van der Waals surface area contributed by atoms with Gasteiger partial charge in [-0.3, -0.25) is 10.1 Å². The Bertz CT molecular complexity index is 542. The highest BCUT2D eigenvalue weighted by Crippen LogP contribution is 2.17. The van der Waals surface area contributed by atoms with Crippen molar-refractivity contribution in [1.82, 2.24) is 9.97 Å². The summed E-state index contributed by atoms with van der Waals surface area (Å²) < 4.78 is 0. The Balaban J connectivity index is 2.57. The van der Waals surface area contributed by atoms with Crippen molar-refractivity contribution in [3.8, 4) is 0 Å². The maximum Gasteiger partial charge on any atom is 0.243 e. The highest BCUT2D eigenvalue weighted by atomic mass is 16.6. The fraction of sp³-hybridized carbons (Fsp3) is 0.100. The van der Waals surface area contributed by atoms with Crippen molar-refractivity contribution in [1.29, 1.82) is 0 Å². The average Bonchev–Trinajstić information content (AvgIpc) is 2.66. The molecule has 0 spiro atoms. The number of allylic oxidation sites excluding steroid dienone is 1. The third-order valence-corrected chi connectivity index (χ3v) is 2.15. The van der Waals surface area contributed by atoms with Crippen LogP contribution in [0.15, 0.2) is 30.2 Å². The molecule has 0 radical (unpaired) electrons. The molecule has 0 saturated carbocycles. The minimum Gasteiger partial charge on any atom is -0.346 e. The quantitative estimate of drug-likeness (QED) is 0.600. The molecule has 2 aromatic rings. The van der Waals surface area contributed by atoms with Gasteiger partial charge in [0.15, 0.2) is 0 Å². The summed E-state index contributed by atoms with van der Waals surface area (Å²) in [5.41, 5.74) is 1.65. The molecule has 0 bridgehead atoms. The van der Waals surface area contributed by atoms with Gasteiger partial charge in [-0.05, 0) is 17.7 Å². The van der Waals surface area contributed by atoms with E-state index in [4.69, 9.17) is 0 Å². The lowest BCUT2D eigenvalue weighted by molar-refractivity contribution is -0.422. The van der Waals surface area contributed by atoms with E-state index in [9.17, 15) is 10.1 Å². The van der Waals surface area contributed by atoms with Gasteiger partial charge in [-0.1, -0.05) is 0 Å². The summed E-state index contributed by atoms with van der Waals surface area (Å²) in [6, 6.07) is 3.60. The number of H-pyrrole nitrogens is 1. The Morgan fingerprint density at radius 2 is 2.40 bits per heavy atom. The number of hydrogen-bond donors (Lipinski definition) is 1. The van der Waals surface area contributed by atoms with Gasteiger partial charge in [0, 0.05) is 30.8 Å². The molecule has 0 aliphatic heterocycles.